The molecule has 4 heteroatoms. The van der Waals surface area contributed by atoms with Crippen molar-refractivity contribution in [3.63, 3.8) is 0 Å². The van der Waals surface area contributed by atoms with Gasteiger partial charge in [-0.1, -0.05) is 32.4 Å². The summed E-state index contributed by atoms with van der Waals surface area (Å²) in [5, 5.41) is 4.18. The minimum absolute atomic E-state index is 0.451. The van der Waals surface area contributed by atoms with Gasteiger partial charge in [-0.2, -0.15) is 0 Å². The van der Waals surface area contributed by atoms with E-state index in [0.29, 0.717) is 5.41 Å². The van der Waals surface area contributed by atoms with Crippen molar-refractivity contribution in [2.75, 3.05) is 24.5 Å². The van der Waals surface area contributed by atoms with Crippen LogP contribution in [0.4, 0.5) is 5.82 Å². The topological polar surface area (TPSA) is 28.2 Å². The van der Waals surface area contributed by atoms with E-state index in [1.165, 1.54) is 19.3 Å². The van der Waals surface area contributed by atoms with Crippen molar-refractivity contribution in [3.05, 3.63) is 22.8 Å². The minimum Gasteiger partial charge on any atom is -0.357 e. The van der Waals surface area contributed by atoms with Gasteiger partial charge in [-0.15, -0.1) is 0 Å². The zero-order valence-corrected chi connectivity index (χ0v) is 14.3. The van der Waals surface area contributed by atoms with Crippen LogP contribution in [0.2, 0.25) is 5.02 Å². The summed E-state index contributed by atoms with van der Waals surface area (Å²) in [6, 6.07) is 2.16. The van der Waals surface area contributed by atoms with Crippen LogP contribution in [0, 0.1) is 5.41 Å². The third-order valence-electron chi connectivity index (χ3n) is 4.33. The van der Waals surface area contributed by atoms with Crippen LogP contribution in [-0.4, -0.2) is 24.6 Å². The summed E-state index contributed by atoms with van der Waals surface area (Å²) in [5.41, 5.74) is 1.60. The molecular formula is C17H28ClN3. The Bertz CT molecular complexity index is 459. The van der Waals surface area contributed by atoms with E-state index in [2.05, 4.69) is 42.0 Å². The number of halogens is 1. The van der Waals surface area contributed by atoms with Crippen LogP contribution in [0.3, 0.4) is 0 Å². The zero-order valence-electron chi connectivity index (χ0n) is 13.6. The highest BCUT2D eigenvalue weighted by Gasteiger charge is 2.23. The maximum absolute atomic E-state index is 6.27. The first-order valence-electron chi connectivity index (χ1n) is 8.12. The van der Waals surface area contributed by atoms with Crippen molar-refractivity contribution in [1.82, 2.24) is 10.3 Å². The van der Waals surface area contributed by atoms with Gasteiger partial charge in [0.1, 0.15) is 5.82 Å². The molecule has 118 valence electrons. The van der Waals surface area contributed by atoms with Gasteiger partial charge in [0, 0.05) is 25.8 Å². The molecular weight excluding hydrogens is 282 g/mol. The molecule has 21 heavy (non-hydrogen) atoms. The first-order chi connectivity index (χ1) is 10.0. The Morgan fingerprint density at radius 1 is 1.33 bits per heavy atom. The van der Waals surface area contributed by atoms with Gasteiger partial charge in [0.05, 0.1) is 5.02 Å². The van der Waals surface area contributed by atoms with Crippen molar-refractivity contribution >= 4 is 17.4 Å². The van der Waals surface area contributed by atoms with Crippen molar-refractivity contribution < 1.29 is 0 Å². The van der Waals surface area contributed by atoms with Crippen LogP contribution >= 0.6 is 11.6 Å². The van der Waals surface area contributed by atoms with Crippen LogP contribution < -0.4 is 10.2 Å². The number of hydrogen-bond donors (Lipinski definition) is 1. The van der Waals surface area contributed by atoms with Crippen LogP contribution in [0.25, 0.3) is 0 Å². The molecule has 3 nitrogen and oxygen atoms in total. The van der Waals surface area contributed by atoms with Crippen molar-refractivity contribution in [1.29, 1.82) is 0 Å². The molecule has 1 fully saturated rings. The standard InChI is InChI=1S/C17H28ClN3/c1-4-8-19-12-14-11-16(20-13-15(14)18)21-9-5-6-17(2,3)7-10-21/h11,13,19H,4-10,12H2,1-3H3. The van der Waals surface area contributed by atoms with E-state index in [9.17, 15) is 0 Å². The second-order valence-corrected chi connectivity index (χ2v) is 7.22. The Balaban J connectivity index is 2.07. The summed E-state index contributed by atoms with van der Waals surface area (Å²) in [4.78, 5) is 6.96. The van der Waals surface area contributed by atoms with E-state index in [0.717, 1.165) is 49.0 Å². The summed E-state index contributed by atoms with van der Waals surface area (Å²) in [6.45, 7) is 10.9. The average molecular weight is 310 g/mol. The van der Waals surface area contributed by atoms with Crippen molar-refractivity contribution in [3.8, 4) is 0 Å². The van der Waals surface area contributed by atoms with Gasteiger partial charge in [0.15, 0.2) is 0 Å². The number of hydrogen-bond acceptors (Lipinski definition) is 3. The zero-order chi connectivity index (χ0) is 15.3. The Labute approximate surface area is 134 Å². The summed E-state index contributed by atoms with van der Waals surface area (Å²) in [6.07, 6.45) is 6.69. The molecule has 0 aliphatic carbocycles. The fraction of sp³-hybridized carbons (Fsp3) is 0.706. The van der Waals surface area contributed by atoms with Gasteiger partial charge < -0.3 is 10.2 Å². The van der Waals surface area contributed by atoms with Crippen LogP contribution in [-0.2, 0) is 6.54 Å². The molecule has 1 aromatic rings. The van der Waals surface area contributed by atoms with Gasteiger partial charge in [-0.3, -0.25) is 0 Å². The monoisotopic (exact) mass is 309 g/mol. The quantitative estimate of drug-likeness (QED) is 0.824. The lowest BCUT2D eigenvalue weighted by Gasteiger charge is -2.24. The molecule has 0 spiro atoms. The molecule has 0 saturated carbocycles. The molecule has 0 amide bonds. The number of rotatable bonds is 5. The minimum atomic E-state index is 0.451. The maximum atomic E-state index is 6.27. The third-order valence-corrected chi connectivity index (χ3v) is 4.67. The number of aromatic nitrogens is 1. The van der Waals surface area contributed by atoms with Gasteiger partial charge in [-0.05, 0) is 49.3 Å². The van der Waals surface area contributed by atoms with Crippen LogP contribution in [0.15, 0.2) is 12.3 Å². The van der Waals surface area contributed by atoms with Crippen molar-refractivity contribution in [2.24, 2.45) is 5.41 Å². The molecule has 0 atom stereocenters. The lowest BCUT2D eigenvalue weighted by Crippen LogP contribution is -2.26. The molecule has 0 bridgehead atoms. The molecule has 1 N–H and O–H groups in total. The van der Waals surface area contributed by atoms with E-state index in [4.69, 9.17) is 11.6 Å². The van der Waals surface area contributed by atoms with Crippen LogP contribution in [0.1, 0.15) is 52.0 Å². The first-order valence-corrected chi connectivity index (χ1v) is 8.50. The molecule has 1 aromatic heterocycles. The summed E-state index contributed by atoms with van der Waals surface area (Å²) >= 11 is 6.27. The maximum Gasteiger partial charge on any atom is 0.128 e. The third kappa shape index (κ3) is 4.86. The van der Waals surface area contributed by atoms with Gasteiger partial charge in [-0.25, -0.2) is 4.98 Å². The van der Waals surface area contributed by atoms with E-state index < -0.39 is 0 Å². The Morgan fingerprint density at radius 2 is 2.14 bits per heavy atom. The average Bonchev–Trinajstić information content (AvgIpc) is 2.62. The Kier molecular flexibility index (Phi) is 5.88. The summed E-state index contributed by atoms with van der Waals surface area (Å²) < 4.78 is 0. The lowest BCUT2D eigenvalue weighted by molar-refractivity contribution is 0.325. The summed E-state index contributed by atoms with van der Waals surface area (Å²) in [5.74, 6) is 1.07. The number of nitrogens with zero attached hydrogens (tertiary/aromatic N) is 2. The highest BCUT2D eigenvalue weighted by molar-refractivity contribution is 6.31. The predicted octanol–water partition coefficient (Wildman–Crippen LogP) is 4.25. The molecule has 0 aromatic carbocycles. The second-order valence-electron chi connectivity index (χ2n) is 6.82. The Morgan fingerprint density at radius 3 is 2.90 bits per heavy atom. The number of pyridine rings is 1. The molecule has 0 radical (unpaired) electrons. The second kappa shape index (κ2) is 7.46. The fourth-order valence-electron chi connectivity index (χ4n) is 2.83. The van der Waals surface area contributed by atoms with Crippen molar-refractivity contribution in [2.45, 2.75) is 53.0 Å². The van der Waals surface area contributed by atoms with Gasteiger partial charge in [0.25, 0.3) is 0 Å². The van der Waals surface area contributed by atoms with E-state index in [1.807, 2.05) is 0 Å². The normalized spacial score (nSPS) is 18.6. The van der Waals surface area contributed by atoms with Crippen LogP contribution in [0.5, 0.6) is 0 Å². The SMILES string of the molecule is CCCNCc1cc(N2CCCC(C)(C)CC2)ncc1Cl. The molecule has 0 unspecified atom stereocenters. The lowest BCUT2D eigenvalue weighted by atomic mass is 9.85. The van der Waals surface area contributed by atoms with E-state index in [-0.39, 0.29) is 0 Å². The van der Waals surface area contributed by atoms with Gasteiger partial charge in [0.2, 0.25) is 0 Å². The molecule has 1 saturated heterocycles. The Hall–Kier alpha value is -0.800. The largest absolute Gasteiger partial charge is 0.357 e. The number of anilines is 1. The van der Waals surface area contributed by atoms with E-state index >= 15 is 0 Å². The fourth-order valence-corrected chi connectivity index (χ4v) is 3.00. The summed E-state index contributed by atoms with van der Waals surface area (Å²) in [7, 11) is 0. The first kappa shape index (κ1) is 16.6. The molecule has 2 rings (SSSR count). The predicted molar refractivity (Wildman–Crippen MR) is 91.1 cm³/mol. The van der Waals surface area contributed by atoms with Gasteiger partial charge >= 0.3 is 0 Å². The van der Waals surface area contributed by atoms with E-state index in [1.54, 1.807) is 6.20 Å². The highest BCUT2D eigenvalue weighted by Crippen LogP contribution is 2.31. The highest BCUT2D eigenvalue weighted by atomic mass is 35.5. The molecule has 1 aliphatic rings. The smallest absolute Gasteiger partial charge is 0.128 e. The molecule has 1 aliphatic heterocycles. The number of nitrogens with one attached hydrogen (secondary N) is 1. The molecule has 2 heterocycles.